The molecule has 1 N–H and O–H groups in total. The first-order valence-electron chi connectivity index (χ1n) is 7.15. The minimum Gasteiger partial charge on any atom is -0.459 e. The van der Waals surface area contributed by atoms with Gasteiger partial charge in [0.15, 0.2) is 0 Å². The third-order valence-electron chi connectivity index (χ3n) is 3.56. The van der Waals surface area contributed by atoms with Gasteiger partial charge in [-0.1, -0.05) is 25.1 Å². The van der Waals surface area contributed by atoms with Crippen molar-refractivity contribution in [3.63, 3.8) is 0 Å². The van der Waals surface area contributed by atoms with E-state index in [0.717, 1.165) is 28.1 Å². The van der Waals surface area contributed by atoms with Gasteiger partial charge in [0.05, 0.1) is 9.83 Å². The molecule has 21 heavy (non-hydrogen) atoms. The van der Waals surface area contributed by atoms with E-state index < -0.39 is 0 Å². The number of fused-ring (bicyclic) bond motifs is 1. The zero-order valence-corrected chi connectivity index (χ0v) is 14.6. The van der Waals surface area contributed by atoms with Crippen LogP contribution in [-0.4, -0.2) is 6.54 Å². The Morgan fingerprint density at radius 2 is 2.19 bits per heavy atom. The summed E-state index contributed by atoms with van der Waals surface area (Å²) >= 11 is 5.25. The zero-order valence-electron chi connectivity index (χ0n) is 12.2. The summed E-state index contributed by atoms with van der Waals surface area (Å²) in [6, 6.07) is 10.7. The van der Waals surface area contributed by atoms with Gasteiger partial charge < -0.3 is 9.73 Å². The Bertz CT molecular complexity index is 746. The van der Waals surface area contributed by atoms with Gasteiger partial charge >= 0.3 is 0 Å². The van der Waals surface area contributed by atoms with Crippen LogP contribution in [0, 0.1) is 6.92 Å². The van der Waals surface area contributed by atoms with E-state index in [0.29, 0.717) is 0 Å². The lowest BCUT2D eigenvalue weighted by Gasteiger charge is -2.14. The second-order valence-electron chi connectivity index (χ2n) is 5.21. The van der Waals surface area contributed by atoms with E-state index in [9.17, 15) is 0 Å². The number of aryl methyl sites for hydroxylation is 1. The van der Waals surface area contributed by atoms with Gasteiger partial charge in [-0.3, -0.25) is 0 Å². The third kappa shape index (κ3) is 3.07. The summed E-state index contributed by atoms with van der Waals surface area (Å²) in [5.41, 5.74) is 3.42. The van der Waals surface area contributed by atoms with Crippen LogP contribution in [0.4, 0.5) is 0 Å². The van der Waals surface area contributed by atoms with Crippen LogP contribution < -0.4 is 5.32 Å². The fraction of sp³-hybridized carbons (Fsp3) is 0.294. The maximum absolute atomic E-state index is 6.15. The van der Waals surface area contributed by atoms with E-state index >= 15 is 0 Å². The molecular weight excluding hydrogens is 346 g/mol. The molecule has 0 amide bonds. The molecule has 2 nitrogen and oxygen atoms in total. The Hall–Kier alpha value is -1.10. The molecule has 1 atom stereocenters. The standard InChI is InChI=1S/C17H18BrNOS/c1-3-7-19-16(13-9-15(18)21-10-13)14-8-12-6-4-5-11(2)17(12)20-14/h4-6,8-10,16,19H,3,7H2,1-2H3. The molecule has 0 fully saturated rings. The normalized spacial score (nSPS) is 12.9. The summed E-state index contributed by atoms with van der Waals surface area (Å²) in [4.78, 5) is 0. The third-order valence-corrected chi connectivity index (χ3v) is 5.09. The summed E-state index contributed by atoms with van der Waals surface area (Å²) in [5, 5.41) is 6.93. The Kier molecular flexibility index (Phi) is 4.48. The van der Waals surface area contributed by atoms with Crippen molar-refractivity contribution >= 4 is 38.2 Å². The number of halogens is 1. The van der Waals surface area contributed by atoms with Crippen molar-refractivity contribution < 1.29 is 4.42 Å². The topological polar surface area (TPSA) is 25.2 Å². The molecule has 3 aromatic rings. The second-order valence-corrected chi connectivity index (χ2v) is 7.50. The quantitative estimate of drug-likeness (QED) is 0.632. The maximum Gasteiger partial charge on any atom is 0.137 e. The van der Waals surface area contributed by atoms with E-state index in [4.69, 9.17) is 4.42 Å². The van der Waals surface area contributed by atoms with Crippen LogP contribution in [0.5, 0.6) is 0 Å². The number of furan rings is 1. The molecule has 0 saturated heterocycles. The molecule has 0 aliphatic carbocycles. The fourth-order valence-corrected chi connectivity index (χ4v) is 3.72. The number of hydrogen-bond acceptors (Lipinski definition) is 3. The van der Waals surface area contributed by atoms with E-state index in [1.54, 1.807) is 11.3 Å². The van der Waals surface area contributed by atoms with Crippen molar-refractivity contribution in [1.82, 2.24) is 5.32 Å². The zero-order chi connectivity index (χ0) is 14.8. The minimum absolute atomic E-state index is 0.110. The monoisotopic (exact) mass is 363 g/mol. The number of benzene rings is 1. The van der Waals surface area contributed by atoms with Crippen LogP contribution in [0.15, 0.2) is 43.9 Å². The molecule has 0 aliphatic rings. The van der Waals surface area contributed by atoms with E-state index in [-0.39, 0.29) is 6.04 Å². The Balaban J connectivity index is 2.03. The molecular formula is C17H18BrNOS. The summed E-state index contributed by atoms with van der Waals surface area (Å²) in [6.45, 7) is 5.23. The van der Waals surface area contributed by atoms with Gasteiger partial charge in [0.2, 0.25) is 0 Å². The summed E-state index contributed by atoms with van der Waals surface area (Å²) in [6.07, 6.45) is 1.10. The first-order valence-corrected chi connectivity index (χ1v) is 8.82. The van der Waals surface area contributed by atoms with Crippen molar-refractivity contribution in [1.29, 1.82) is 0 Å². The number of rotatable bonds is 5. The van der Waals surface area contributed by atoms with Crippen LogP contribution in [0.2, 0.25) is 0 Å². The van der Waals surface area contributed by atoms with Crippen LogP contribution in [0.1, 0.15) is 36.3 Å². The molecule has 2 aromatic heterocycles. The predicted molar refractivity (Wildman–Crippen MR) is 93.1 cm³/mol. The molecule has 110 valence electrons. The SMILES string of the molecule is CCCNC(c1csc(Br)c1)c1cc2cccc(C)c2o1. The van der Waals surface area contributed by atoms with Gasteiger partial charge in [-0.25, -0.2) is 0 Å². The Morgan fingerprint density at radius 1 is 1.33 bits per heavy atom. The second kappa shape index (κ2) is 6.34. The molecule has 3 rings (SSSR count). The molecule has 0 saturated carbocycles. The molecule has 0 spiro atoms. The Labute approximate surface area is 137 Å². The lowest BCUT2D eigenvalue weighted by atomic mass is 10.1. The molecule has 1 unspecified atom stereocenters. The lowest BCUT2D eigenvalue weighted by Crippen LogP contribution is -2.22. The highest BCUT2D eigenvalue weighted by Crippen LogP contribution is 2.33. The van der Waals surface area contributed by atoms with Crippen molar-refractivity contribution in [2.45, 2.75) is 26.3 Å². The van der Waals surface area contributed by atoms with Crippen molar-refractivity contribution in [3.8, 4) is 0 Å². The van der Waals surface area contributed by atoms with E-state index in [1.165, 1.54) is 16.5 Å². The number of thiophene rings is 1. The van der Waals surface area contributed by atoms with Crippen molar-refractivity contribution in [2.24, 2.45) is 0 Å². The first kappa shape index (κ1) is 14.8. The number of nitrogens with one attached hydrogen (secondary N) is 1. The van der Waals surface area contributed by atoms with E-state index in [2.05, 4.69) is 70.8 Å². The van der Waals surface area contributed by atoms with E-state index in [1.807, 2.05) is 0 Å². The smallest absolute Gasteiger partial charge is 0.137 e. The number of hydrogen-bond donors (Lipinski definition) is 1. The summed E-state index contributed by atoms with van der Waals surface area (Å²) in [7, 11) is 0. The largest absolute Gasteiger partial charge is 0.459 e. The summed E-state index contributed by atoms with van der Waals surface area (Å²) < 4.78 is 7.29. The van der Waals surface area contributed by atoms with Crippen molar-refractivity contribution in [3.05, 3.63) is 56.4 Å². The number of para-hydroxylation sites is 1. The molecule has 1 aromatic carbocycles. The van der Waals surface area contributed by atoms with Crippen LogP contribution >= 0.6 is 27.3 Å². The average Bonchev–Trinajstić information content (AvgIpc) is 3.07. The first-order chi connectivity index (χ1) is 10.2. The minimum atomic E-state index is 0.110. The molecule has 0 aliphatic heterocycles. The summed E-state index contributed by atoms with van der Waals surface area (Å²) in [5.74, 6) is 0.984. The van der Waals surface area contributed by atoms with Gasteiger partial charge in [0, 0.05) is 5.39 Å². The van der Waals surface area contributed by atoms with Gasteiger partial charge in [0.1, 0.15) is 11.3 Å². The van der Waals surface area contributed by atoms with Gasteiger partial charge in [-0.2, -0.15) is 0 Å². The molecule has 0 radical (unpaired) electrons. The fourth-order valence-electron chi connectivity index (χ4n) is 2.52. The van der Waals surface area contributed by atoms with Gasteiger partial charge in [-0.15, -0.1) is 11.3 Å². The van der Waals surface area contributed by atoms with Crippen LogP contribution in [0.25, 0.3) is 11.0 Å². The predicted octanol–water partition coefficient (Wildman–Crippen LogP) is 5.65. The van der Waals surface area contributed by atoms with Gasteiger partial charge in [0.25, 0.3) is 0 Å². The molecule has 0 bridgehead atoms. The molecule has 2 heterocycles. The van der Waals surface area contributed by atoms with Crippen LogP contribution in [0.3, 0.4) is 0 Å². The van der Waals surface area contributed by atoms with Gasteiger partial charge in [-0.05, 0) is 64.5 Å². The Morgan fingerprint density at radius 3 is 2.86 bits per heavy atom. The van der Waals surface area contributed by atoms with Crippen molar-refractivity contribution in [2.75, 3.05) is 6.54 Å². The maximum atomic E-state index is 6.15. The molecule has 4 heteroatoms. The average molecular weight is 364 g/mol. The lowest BCUT2D eigenvalue weighted by molar-refractivity contribution is 0.469. The highest BCUT2D eigenvalue weighted by atomic mass is 79.9. The van der Waals surface area contributed by atoms with Crippen LogP contribution in [-0.2, 0) is 0 Å². The highest BCUT2D eigenvalue weighted by Gasteiger charge is 2.19. The highest BCUT2D eigenvalue weighted by molar-refractivity contribution is 9.11.